The lowest BCUT2D eigenvalue weighted by Gasteiger charge is -2.28. The number of sulfonamides is 1. The van der Waals surface area contributed by atoms with Crippen LogP contribution >= 0.6 is 0 Å². The number of likely N-dealkylation sites (tertiary alicyclic amines) is 1. The lowest BCUT2D eigenvalue weighted by Crippen LogP contribution is -2.41. The molecule has 0 saturated carbocycles. The van der Waals surface area contributed by atoms with Crippen molar-refractivity contribution in [2.24, 2.45) is 5.92 Å². The fourth-order valence-electron chi connectivity index (χ4n) is 4.78. The molecule has 2 aromatic rings. The maximum absolute atomic E-state index is 14.5. The molecular weight excluding hydrogens is 557 g/mol. The lowest BCUT2D eigenvalue weighted by molar-refractivity contribution is -0.141. The van der Waals surface area contributed by atoms with Gasteiger partial charge in [0.2, 0.25) is 5.95 Å². The van der Waals surface area contributed by atoms with E-state index in [-0.39, 0.29) is 18.2 Å². The Hall–Kier alpha value is -3.81. The van der Waals surface area contributed by atoms with E-state index in [1.54, 1.807) is 4.72 Å². The zero-order valence-electron chi connectivity index (χ0n) is 23.9. The van der Waals surface area contributed by atoms with Crippen LogP contribution < -0.4 is 10.0 Å². The number of esters is 1. The van der Waals surface area contributed by atoms with E-state index in [1.807, 2.05) is 34.6 Å². The summed E-state index contributed by atoms with van der Waals surface area (Å²) < 4.78 is 47.1. The second-order valence-electron chi connectivity index (χ2n) is 11.7. The SMILES string of the molecule is COC(=O)C(CC[C@@H]1CN(C(=O)O)C(C)(C)C1)Nc1cccc(S(=O)(=O)NC(=O)c2ccc(C(C)(C)C)nc2F)n1. The molecule has 1 aliphatic heterocycles. The van der Waals surface area contributed by atoms with Gasteiger partial charge in [-0.05, 0) is 63.3 Å². The van der Waals surface area contributed by atoms with Crippen molar-refractivity contribution >= 4 is 33.8 Å². The molecule has 12 nitrogen and oxygen atoms in total. The second-order valence-corrected chi connectivity index (χ2v) is 13.3. The number of amides is 2. The molecule has 3 N–H and O–H groups in total. The molecule has 2 atom stereocenters. The van der Waals surface area contributed by atoms with E-state index in [0.29, 0.717) is 25.1 Å². The number of carbonyl (C=O) groups is 3. The number of nitrogens with one attached hydrogen (secondary N) is 2. The maximum Gasteiger partial charge on any atom is 0.407 e. The van der Waals surface area contributed by atoms with Gasteiger partial charge in [0.15, 0.2) is 5.03 Å². The van der Waals surface area contributed by atoms with Gasteiger partial charge in [0.05, 0.1) is 12.7 Å². The molecule has 0 bridgehead atoms. The zero-order chi connectivity index (χ0) is 30.8. The fourth-order valence-corrected chi connectivity index (χ4v) is 5.72. The number of aromatic nitrogens is 2. The van der Waals surface area contributed by atoms with Crippen molar-refractivity contribution in [1.29, 1.82) is 0 Å². The number of ether oxygens (including phenoxy) is 1. The van der Waals surface area contributed by atoms with Gasteiger partial charge >= 0.3 is 12.1 Å². The molecular formula is C27H36FN5O7S. The van der Waals surface area contributed by atoms with Gasteiger partial charge in [-0.2, -0.15) is 12.8 Å². The highest BCUT2D eigenvalue weighted by molar-refractivity contribution is 7.90. The zero-order valence-corrected chi connectivity index (χ0v) is 24.7. The highest BCUT2D eigenvalue weighted by Crippen LogP contribution is 2.35. The first-order chi connectivity index (χ1) is 18.9. The summed E-state index contributed by atoms with van der Waals surface area (Å²) in [5.74, 6) is -2.89. The molecule has 0 aliphatic carbocycles. The topological polar surface area (TPSA) is 168 Å². The standard InChI is InChI=1S/C27H36FN5O7S/c1-26(2,3)19-13-11-17(22(28)30-19)23(34)32-41(38,39)21-9-7-8-20(31-21)29-18(24(35)40-6)12-10-16-14-27(4,5)33(15-16)25(36)37/h7-9,11,13,16,18H,10,12,14-15H2,1-6H3,(H,29,31)(H,32,34)(H,36,37)/t16-,18?/m0/s1. The van der Waals surface area contributed by atoms with Crippen LogP contribution in [-0.2, 0) is 25.0 Å². The van der Waals surface area contributed by atoms with Gasteiger partial charge in [0, 0.05) is 23.2 Å². The van der Waals surface area contributed by atoms with Gasteiger partial charge in [-0.25, -0.2) is 24.3 Å². The summed E-state index contributed by atoms with van der Waals surface area (Å²) in [4.78, 5) is 45.9. The number of hydrogen-bond donors (Lipinski definition) is 3. The van der Waals surface area contributed by atoms with Crippen molar-refractivity contribution in [3.63, 3.8) is 0 Å². The third kappa shape index (κ3) is 7.69. The van der Waals surface area contributed by atoms with Crippen molar-refractivity contribution in [2.45, 2.75) is 75.9 Å². The van der Waals surface area contributed by atoms with Crippen LogP contribution in [0.4, 0.5) is 15.0 Å². The summed E-state index contributed by atoms with van der Waals surface area (Å²) in [6, 6.07) is 5.67. The molecule has 1 fully saturated rings. The summed E-state index contributed by atoms with van der Waals surface area (Å²) in [7, 11) is -3.31. The largest absolute Gasteiger partial charge is 0.467 e. The minimum atomic E-state index is -4.52. The number of halogens is 1. The normalized spacial score (nSPS) is 17.5. The Bertz CT molecular complexity index is 1430. The van der Waals surface area contributed by atoms with Crippen LogP contribution in [0.15, 0.2) is 35.4 Å². The molecule has 14 heteroatoms. The van der Waals surface area contributed by atoms with E-state index in [9.17, 15) is 32.3 Å². The fraction of sp³-hybridized carbons (Fsp3) is 0.519. The Morgan fingerprint density at radius 1 is 1.20 bits per heavy atom. The molecule has 2 amide bonds. The van der Waals surface area contributed by atoms with Crippen LogP contribution in [-0.4, -0.2) is 71.6 Å². The highest BCUT2D eigenvalue weighted by atomic mass is 32.2. The molecule has 0 radical (unpaired) electrons. The maximum atomic E-state index is 14.5. The van der Waals surface area contributed by atoms with E-state index in [0.717, 1.165) is 6.07 Å². The van der Waals surface area contributed by atoms with E-state index >= 15 is 0 Å². The van der Waals surface area contributed by atoms with Crippen LogP contribution in [0.25, 0.3) is 0 Å². The predicted molar refractivity (Wildman–Crippen MR) is 147 cm³/mol. The predicted octanol–water partition coefficient (Wildman–Crippen LogP) is 3.54. The third-order valence-corrected chi connectivity index (χ3v) is 8.18. The molecule has 1 unspecified atom stereocenters. The van der Waals surface area contributed by atoms with Crippen LogP contribution in [0.3, 0.4) is 0 Å². The number of rotatable bonds is 9. The van der Waals surface area contributed by atoms with E-state index in [1.165, 1.54) is 36.3 Å². The number of carboxylic acid groups (broad SMARTS) is 1. The molecule has 224 valence electrons. The number of methoxy groups -OCH3 is 1. The molecule has 3 heterocycles. The summed E-state index contributed by atoms with van der Waals surface area (Å²) >= 11 is 0. The van der Waals surface area contributed by atoms with E-state index in [2.05, 4.69) is 15.3 Å². The van der Waals surface area contributed by atoms with Crippen molar-refractivity contribution < 1.29 is 37.0 Å². The third-order valence-electron chi connectivity index (χ3n) is 6.95. The molecule has 41 heavy (non-hydrogen) atoms. The van der Waals surface area contributed by atoms with Gasteiger partial charge < -0.3 is 20.1 Å². The molecule has 1 aliphatic rings. The lowest BCUT2D eigenvalue weighted by atomic mass is 9.91. The van der Waals surface area contributed by atoms with E-state index < -0.39 is 61.5 Å². The van der Waals surface area contributed by atoms with Crippen molar-refractivity contribution in [2.75, 3.05) is 19.0 Å². The first-order valence-electron chi connectivity index (χ1n) is 13.0. The number of anilines is 1. The average molecular weight is 594 g/mol. The van der Waals surface area contributed by atoms with Crippen LogP contribution in [0, 0.1) is 11.9 Å². The Morgan fingerprint density at radius 3 is 2.44 bits per heavy atom. The Balaban J connectivity index is 1.73. The summed E-state index contributed by atoms with van der Waals surface area (Å²) in [5.41, 5.74) is -1.16. The molecule has 2 aromatic heterocycles. The van der Waals surface area contributed by atoms with Crippen molar-refractivity contribution in [1.82, 2.24) is 19.6 Å². The minimum absolute atomic E-state index is 0.0114. The monoisotopic (exact) mass is 593 g/mol. The Kier molecular flexibility index (Phi) is 9.26. The van der Waals surface area contributed by atoms with Gasteiger partial charge in [0.25, 0.3) is 15.9 Å². The molecule has 1 saturated heterocycles. The van der Waals surface area contributed by atoms with Crippen LogP contribution in [0.2, 0.25) is 0 Å². The first-order valence-corrected chi connectivity index (χ1v) is 14.5. The average Bonchev–Trinajstić information content (AvgIpc) is 3.19. The van der Waals surface area contributed by atoms with Crippen molar-refractivity contribution in [3.05, 3.63) is 47.5 Å². The molecule has 0 spiro atoms. The summed E-state index contributed by atoms with van der Waals surface area (Å²) in [6.07, 6.45) is 0.387. The summed E-state index contributed by atoms with van der Waals surface area (Å²) in [6.45, 7) is 9.47. The Labute approximate surface area is 238 Å². The van der Waals surface area contributed by atoms with Gasteiger partial charge in [-0.1, -0.05) is 26.8 Å². The smallest absolute Gasteiger partial charge is 0.407 e. The van der Waals surface area contributed by atoms with Gasteiger partial charge in [-0.3, -0.25) is 4.79 Å². The number of hydrogen-bond acceptors (Lipinski definition) is 9. The number of carbonyl (C=O) groups excluding carboxylic acids is 2. The molecule has 3 rings (SSSR count). The Morgan fingerprint density at radius 2 is 1.88 bits per heavy atom. The quantitative estimate of drug-likeness (QED) is 0.289. The van der Waals surface area contributed by atoms with Crippen LogP contribution in [0.1, 0.15) is 69.9 Å². The first kappa shape index (κ1) is 31.7. The number of nitrogens with zero attached hydrogens (tertiary/aromatic N) is 3. The highest BCUT2D eigenvalue weighted by Gasteiger charge is 2.41. The van der Waals surface area contributed by atoms with Crippen molar-refractivity contribution in [3.8, 4) is 0 Å². The second kappa shape index (κ2) is 12.0. The van der Waals surface area contributed by atoms with Gasteiger partial charge in [0.1, 0.15) is 11.9 Å². The van der Waals surface area contributed by atoms with Gasteiger partial charge in [-0.15, -0.1) is 0 Å². The van der Waals surface area contributed by atoms with E-state index in [4.69, 9.17) is 4.74 Å². The molecule has 0 aromatic carbocycles. The minimum Gasteiger partial charge on any atom is -0.467 e. The number of pyridine rings is 2. The van der Waals surface area contributed by atoms with Crippen LogP contribution in [0.5, 0.6) is 0 Å². The summed E-state index contributed by atoms with van der Waals surface area (Å²) in [5, 5.41) is 11.8.